The van der Waals surface area contributed by atoms with Gasteiger partial charge in [0.25, 0.3) is 0 Å². The van der Waals surface area contributed by atoms with Crippen molar-refractivity contribution in [3.8, 4) is 0 Å². The lowest BCUT2D eigenvalue weighted by Gasteiger charge is -2.62. The molecule has 0 aromatic heterocycles. The number of unbranched alkanes of at least 4 members (excludes halogenated alkanes) is 3. The molecule has 0 aromatic rings. The predicted octanol–water partition coefficient (Wildman–Crippen LogP) is 19.1. The molecule has 133 heavy (non-hydrogen) atoms. The number of hydrogen-bond donors (Lipinski definition) is 15. The van der Waals surface area contributed by atoms with Crippen LogP contribution in [0.1, 0.15) is 375 Å². The van der Waals surface area contributed by atoms with Crippen LogP contribution in [0.2, 0.25) is 0 Å². The summed E-state index contributed by atoms with van der Waals surface area (Å²) in [4.78, 5) is 10.6. The minimum atomic E-state index is -4.66. The summed E-state index contributed by atoms with van der Waals surface area (Å²) < 4.78 is 74.4. The summed E-state index contributed by atoms with van der Waals surface area (Å²) in [6, 6.07) is 0.648. The van der Waals surface area contributed by atoms with E-state index >= 15 is 0 Å². The van der Waals surface area contributed by atoms with Crippen LogP contribution in [0.3, 0.4) is 0 Å². The number of aliphatic hydroxyl groups excluding tert-OH is 4. The van der Waals surface area contributed by atoms with Gasteiger partial charge in [-0.1, -0.05) is 137 Å². The van der Waals surface area contributed by atoms with Gasteiger partial charge in [0, 0.05) is 12.5 Å². The number of carbonyl (C=O) groups is 1. The van der Waals surface area contributed by atoms with Gasteiger partial charge < -0.3 is 69.5 Å². The van der Waals surface area contributed by atoms with Gasteiger partial charge in [0.1, 0.15) is 5.60 Å². The third-order valence-electron chi connectivity index (χ3n) is 39.4. The van der Waals surface area contributed by atoms with Crippen LogP contribution in [0.15, 0.2) is 12.2 Å². The number of fused-ring (bicyclic) bond motifs is 15. The van der Waals surface area contributed by atoms with Crippen molar-refractivity contribution >= 4 is 26.6 Å². The molecule has 12 aliphatic carbocycles. The number of hydrogen-bond acceptors (Lipinski definition) is 20. The Morgan fingerprint density at radius 3 is 1.17 bits per heavy atom. The zero-order valence-electron chi connectivity index (χ0n) is 88.7. The summed E-state index contributed by atoms with van der Waals surface area (Å²) in [5.41, 5.74) is 17.8. The molecule has 22 nitrogen and oxygen atoms in total. The number of nitrogens with one attached hydrogen (secondary N) is 6. The number of Topliss-reactive ketones (excluding diaryl/α,β-unsaturated/α-hetero) is 1. The Morgan fingerprint density at radius 2 is 0.820 bits per heavy atom. The Hall–Kier alpha value is -1.37. The zero-order valence-corrected chi connectivity index (χ0v) is 90.3. The van der Waals surface area contributed by atoms with Gasteiger partial charge in [0.15, 0.2) is 5.78 Å². The SMILES string of the molecule is C=C(C)C(=O)CCC.CC(C)C(CC[C@@H](C)C1CCC2C3C(CC[C@@]21C)[C@@]1(C)CC[C@H](C)C[C@@H]1C[C@H]3O)OS(=O)(=O)O.CC(C)C(CO)(CC[C@@H](C)C1CCC2C3C(CC[C@@]21C)[C@@]1(C)CC[C@H](C)C[C@@H]1C[C@H]3O)OS(=O)(=O)O.CC(C)C1CCC2C3C(CC[C@]12C)[C@@]1(C)CC[C@H](NCCCNCCCCN)C[C@@H]1C[C@H]3O.CNCCCNCCCCN.CNCCCNCCCCN. The first kappa shape index (κ1) is 119. The second kappa shape index (κ2) is 55.1. The lowest BCUT2D eigenvalue weighted by Crippen LogP contribution is -2.59. The van der Waals surface area contributed by atoms with Gasteiger partial charge >= 0.3 is 20.8 Å². The number of nitrogens with two attached hydrogens (primary N) is 3. The van der Waals surface area contributed by atoms with Gasteiger partial charge in [-0.15, -0.1) is 0 Å². The minimum Gasteiger partial charge on any atom is -0.393 e. The summed E-state index contributed by atoms with van der Waals surface area (Å²) in [6.45, 7) is 56.3. The van der Waals surface area contributed by atoms with Crippen LogP contribution in [-0.2, 0) is 34.0 Å². The maximum Gasteiger partial charge on any atom is 0.397 e. The molecule has 0 bridgehead atoms. The quantitative estimate of drug-likeness (QED) is 0.0153. The van der Waals surface area contributed by atoms with Gasteiger partial charge in [-0.25, -0.2) is 8.37 Å². The van der Waals surface area contributed by atoms with Crippen molar-refractivity contribution in [1.29, 1.82) is 0 Å². The standard InChI is InChI=1S/C29H55N3O.C29H52O6S.C28H50O5S.2C8H21N3.C7H12O/c1-20(2)23-8-9-24-27-25(11-13-29(23,24)4)28(3)12-10-22(18-21(28)19-26(27)33)32-17-7-16-31-15-6-5-14-30;1-18(2)29(17-30,35-36(32,33)34)14-10-20(4)22-7-8-23-26-24(11-13-28(22,23)6)27(5)12-9-19(3)15-21(27)16-25(26)31;1-17(2)25(33-34(30,31)32)10-7-19(4)21-8-9-22-26-23(12-14-28(21,22)6)27(5)13-11-18(3)15-20(27)16-24(26)29;2*1-10-6-4-8-11-7-3-2-5-9;1-4-5-7(8)6(2)3/h20-27,31-33H,5-19,30H2,1-4H3;18-26,30-31H,7-17H2,1-6H3,(H,32,33,34);17-26,29H,7-16H2,1-6H3,(H,30,31,32);2*10-11H,2-9H2,1H3;2,4-5H2,1,3H3/t21-,22+,23?,24?,25?,26-,27?,28+,29-;19-,20+,21+,22?,23?,24?,25+,26?,27-,28+,29?;18-,19+,20+,21?,22?,23?,24+,25?,26?,27-,28+;;;/m100.../s1. The maximum absolute atomic E-state index is 11.6. The molecular weight excluding hydrogens is 1710 g/mol. The summed E-state index contributed by atoms with van der Waals surface area (Å²) in [6.07, 6.45) is 44.0. The molecule has 0 spiro atoms. The topological polar surface area (TPSA) is 375 Å². The number of rotatable bonds is 44. The molecule has 24 heteroatoms. The largest absolute Gasteiger partial charge is 0.397 e. The van der Waals surface area contributed by atoms with Gasteiger partial charge in [0.05, 0.1) is 31.0 Å². The van der Waals surface area contributed by atoms with Crippen LogP contribution in [0.25, 0.3) is 0 Å². The van der Waals surface area contributed by atoms with Crippen LogP contribution in [0, 0.1) is 163 Å². The van der Waals surface area contributed by atoms with E-state index in [0.29, 0.717) is 135 Å². The fraction of sp³-hybridized carbons (Fsp3) is 0.972. The highest BCUT2D eigenvalue weighted by Crippen LogP contribution is 2.73. The maximum atomic E-state index is 11.6. The fourth-order valence-electron chi connectivity index (χ4n) is 31.5. The molecule has 0 aliphatic heterocycles. The van der Waals surface area contributed by atoms with E-state index in [0.717, 1.165) is 185 Å². The molecule has 0 aromatic carbocycles. The molecule has 12 aliphatic rings. The van der Waals surface area contributed by atoms with Crippen molar-refractivity contribution < 1.29 is 59.5 Å². The number of aliphatic hydroxyl groups is 4. The first-order valence-corrected chi connectivity index (χ1v) is 57.9. The second-order valence-electron chi connectivity index (χ2n) is 48.7. The number of allylic oxidation sites excluding steroid dienone is 1. The lowest BCUT2D eigenvalue weighted by molar-refractivity contribution is -0.169. The molecule has 0 heterocycles. The fourth-order valence-corrected chi connectivity index (χ4v) is 32.9. The summed E-state index contributed by atoms with van der Waals surface area (Å²) >= 11 is 0. The highest BCUT2D eigenvalue weighted by atomic mass is 32.3. The minimum absolute atomic E-state index is 0.0285. The average molecular weight is 1920 g/mol. The average Bonchev–Trinajstić information content (AvgIpc) is 1.70. The zero-order chi connectivity index (χ0) is 98.7. The third kappa shape index (κ3) is 31.6. The predicted molar refractivity (Wildman–Crippen MR) is 550 cm³/mol. The van der Waals surface area contributed by atoms with E-state index in [-0.39, 0.29) is 46.8 Å². The molecule has 12 saturated carbocycles. The van der Waals surface area contributed by atoms with E-state index in [1.807, 2.05) is 48.7 Å². The van der Waals surface area contributed by atoms with Gasteiger partial charge in [-0.05, 0) is 499 Å². The summed E-state index contributed by atoms with van der Waals surface area (Å²) in [5.74, 6) is 12.4. The summed E-state index contributed by atoms with van der Waals surface area (Å²) in [5, 5.41) is 65.0. The Balaban J connectivity index is 0.000000236. The Labute approximate surface area is 815 Å². The Bertz CT molecular complexity index is 3540. The Kier molecular flexibility index (Phi) is 49.1. The molecule has 12 fully saturated rings. The number of carbonyl (C=O) groups excluding carboxylic acids is 1. The van der Waals surface area contributed by atoms with Gasteiger partial charge in [-0.2, -0.15) is 16.8 Å². The van der Waals surface area contributed by atoms with Crippen LogP contribution in [-0.4, -0.2) is 187 Å². The highest BCUT2D eigenvalue weighted by molar-refractivity contribution is 7.81. The van der Waals surface area contributed by atoms with E-state index in [1.54, 1.807) is 6.92 Å². The summed E-state index contributed by atoms with van der Waals surface area (Å²) in [7, 11) is -5.14. The van der Waals surface area contributed by atoms with E-state index in [9.17, 15) is 51.2 Å². The molecule has 782 valence electrons. The van der Waals surface area contributed by atoms with E-state index in [4.69, 9.17) is 25.6 Å². The normalized spacial score (nSPS) is 37.6. The smallest absolute Gasteiger partial charge is 0.393 e. The first-order valence-electron chi connectivity index (χ1n) is 55.2. The van der Waals surface area contributed by atoms with Crippen molar-refractivity contribution in [2.24, 2.45) is 180 Å². The van der Waals surface area contributed by atoms with Gasteiger partial charge in [0.2, 0.25) is 0 Å². The molecule has 0 saturated heterocycles. The van der Waals surface area contributed by atoms with Crippen molar-refractivity contribution in [3.05, 3.63) is 12.2 Å². The number of ketones is 1. The van der Waals surface area contributed by atoms with E-state index < -0.39 is 39.1 Å². The van der Waals surface area contributed by atoms with Crippen molar-refractivity contribution in [2.45, 2.75) is 411 Å². The van der Waals surface area contributed by atoms with Crippen LogP contribution in [0.4, 0.5) is 0 Å². The molecular formula is C109H211N9O13S2. The lowest BCUT2D eigenvalue weighted by atomic mass is 9.43. The molecule has 0 amide bonds. The van der Waals surface area contributed by atoms with Crippen LogP contribution < -0.4 is 49.1 Å². The molecule has 14 unspecified atom stereocenters. The molecule has 31 atom stereocenters. The van der Waals surface area contributed by atoms with Crippen molar-refractivity contribution in [2.75, 3.05) is 99.2 Å². The first-order chi connectivity index (χ1) is 62.7. The van der Waals surface area contributed by atoms with Crippen LogP contribution >= 0.6 is 0 Å². The highest BCUT2D eigenvalue weighted by Gasteiger charge is 2.67. The third-order valence-corrected chi connectivity index (χ3v) is 40.4. The van der Waals surface area contributed by atoms with E-state index in [1.165, 1.54) is 161 Å². The van der Waals surface area contributed by atoms with Crippen molar-refractivity contribution in [1.82, 2.24) is 31.9 Å². The van der Waals surface area contributed by atoms with Gasteiger partial charge in [-0.3, -0.25) is 13.9 Å². The molecule has 18 N–H and O–H groups in total. The van der Waals surface area contributed by atoms with Crippen LogP contribution in [0.5, 0.6) is 0 Å². The molecule has 12 rings (SSSR count). The Morgan fingerprint density at radius 1 is 0.459 bits per heavy atom. The van der Waals surface area contributed by atoms with Crippen molar-refractivity contribution in [3.63, 3.8) is 0 Å². The second-order valence-corrected chi connectivity index (χ2v) is 50.8. The van der Waals surface area contributed by atoms with E-state index in [2.05, 4.69) is 122 Å². The monoisotopic (exact) mass is 1920 g/mol. The molecule has 0 radical (unpaired) electrons.